The van der Waals surface area contributed by atoms with Crippen molar-refractivity contribution in [3.8, 4) is 0 Å². The first-order valence-corrected chi connectivity index (χ1v) is 3.83. The number of rotatable bonds is 1. The van der Waals surface area contributed by atoms with E-state index in [0.717, 1.165) is 0 Å². The molecule has 0 aromatic carbocycles. The molecule has 0 fully saturated rings. The molecule has 0 saturated carbocycles. The second-order valence-electron chi connectivity index (χ2n) is 3.20. The van der Waals surface area contributed by atoms with Gasteiger partial charge in [0.25, 0.3) is 5.91 Å². The second-order valence-corrected chi connectivity index (χ2v) is 3.20. The minimum absolute atomic E-state index is 0.0745. The summed E-state index contributed by atoms with van der Waals surface area (Å²) in [6.45, 7) is 1.71. The average Bonchev–Trinajstić information content (AvgIpc) is 2.06. The second kappa shape index (κ2) is 3.06. The lowest BCUT2D eigenvalue weighted by Crippen LogP contribution is -2.31. The van der Waals surface area contributed by atoms with Crippen molar-refractivity contribution < 1.29 is 9.90 Å². The Morgan fingerprint density at radius 1 is 1.62 bits per heavy atom. The zero-order chi connectivity index (χ0) is 10.1. The highest BCUT2D eigenvalue weighted by Crippen LogP contribution is 2.16. The molecule has 70 valence electrons. The number of hydrogen-bond donors (Lipinski definition) is 3. The first kappa shape index (κ1) is 9.54. The molecule has 13 heavy (non-hydrogen) atoms. The van der Waals surface area contributed by atoms with Crippen LogP contribution in [0.15, 0.2) is 35.6 Å². The highest BCUT2D eigenvalue weighted by molar-refractivity contribution is 5.96. The molecular weight excluding hydrogens is 168 g/mol. The Morgan fingerprint density at radius 3 is 2.77 bits per heavy atom. The number of carbonyl (C=O) groups excluding carboxylic acids is 1. The molecule has 1 atom stereocenters. The number of aliphatic hydroxyl groups is 1. The first-order chi connectivity index (χ1) is 5.92. The molecule has 0 aromatic rings. The minimum atomic E-state index is -0.752. The van der Waals surface area contributed by atoms with Crippen LogP contribution in [0.3, 0.4) is 0 Å². The van der Waals surface area contributed by atoms with E-state index in [0.29, 0.717) is 0 Å². The van der Waals surface area contributed by atoms with E-state index in [1.54, 1.807) is 19.1 Å². The van der Waals surface area contributed by atoms with Crippen molar-refractivity contribution in [2.24, 2.45) is 11.5 Å². The number of hydrogen-bond acceptors (Lipinski definition) is 3. The van der Waals surface area contributed by atoms with Gasteiger partial charge in [-0.25, -0.2) is 0 Å². The molecule has 1 rings (SSSR count). The average molecular weight is 180 g/mol. The van der Waals surface area contributed by atoms with E-state index in [2.05, 4.69) is 0 Å². The number of nitrogens with two attached hydrogens (primary N) is 2. The Bertz CT molecular complexity index is 325. The lowest BCUT2D eigenvalue weighted by molar-refractivity contribution is -0.114. The third-order valence-corrected chi connectivity index (χ3v) is 1.71. The smallest absolute Gasteiger partial charge is 0.252 e. The predicted molar refractivity (Wildman–Crippen MR) is 49.7 cm³/mol. The molecule has 1 amide bonds. The van der Waals surface area contributed by atoms with Gasteiger partial charge in [0.15, 0.2) is 0 Å². The number of aliphatic hydroxyl groups excluding tert-OH is 1. The summed E-state index contributed by atoms with van der Waals surface area (Å²) in [5, 5.41) is 9.43. The SMILES string of the molecule is CC1(N)C=CC=C(C(N)=O)C(O)=C1. The van der Waals surface area contributed by atoms with Crippen LogP contribution >= 0.6 is 0 Å². The Balaban J connectivity index is 3.12. The summed E-state index contributed by atoms with van der Waals surface area (Å²) >= 11 is 0. The number of primary amides is 1. The van der Waals surface area contributed by atoms with Crippen LogP contribution in [-0.4, -0.2) is 16.6 Å². The highest BCUT2D eigenvalue weighted by atomic mass is 16.3. The summed E-state index contributed by atoms with van der Waals surface area (Å²) in [5.41, 5.74) is 10.1. The summed E-state index contributed by atoms with van der Waals surface area (Å²) < 4.78 is 0. The third kappa shape index (κ3) is 2.19. The lowest BCUT2D eigenvalue weighted by atomic mass is 10.0. The van der Waals surface area contributed by atoms with Gasteiger partial charge in [-0.05, 0) is 19.1 Å². The fourth-order valence-corrected chi connectivity index (χ4v) is 1.07. The van der Waals surface area contributed by atoms with Gasteiger partial charge in [-0.2, -0.15) is 0 Å². The predicted octanol–water partition coefficient (Wildman–Crippen LogP) is 0.127. The van der Waals surface area contributed by atoms with E-state index in [1.165, 1.54) is 12.2 Å². The lowest BCUT2D eigenvalue weighted by Gasteiger charge is -2.13. The summed E-state index contributed by atoms with van der Waals surface area (Å²) in [4.78, 5) is 10.8. The molecule has 0 radical (unpaired) electrons. The summed E-state index contributed by atoms with van der Waals surface area (Å²) in [7, 11) is 0. The Labute approximate surface area is 76.2 Å². The zero-order valence-electron chi connectivity index (χ0n) is 7.32. The maximum absolute atomic E-state index is 10.8. The van der Waals surface area contributed by atoms with E-state index in [1.807, 2.05) is 0 Å². The first-order valence-electron chi connectivity index (χ1n) is 3.83. The van der Waals surface area contributed by atoms with Crippen molar-refractivity contribution in [1.82, 2.24) is 0 Å². The topological polar surface area (TPSA) is 89.3 Å². The van der Waals surface area contributed by atoms with E-state index < -0.39 is 11.4 Å². The fourth-order valence-electron chi connectivity index (χ4n) is 1.07. The van der Waals surface area contributed by atoms with Gasteiger partial charge in [-0.1, -0.05) is 12.2 Å². The molecule has 0 spiro atoms. The van der Waals surface area contributed by atoms with E-state index in [9.17, 15) is 9.90 Å². The summed E-state index contributed by atoms with van der Waals surface area (Å²) in [6, 6.07) is 0. The molecule has 0 bridgehead atoms. The van der Waals surface area contributed by atoms with Crippen LogP contribution in [0.4, 0.5) is 0 Å². The van der Waals surface area contributed by atoms with Gasteiger partial charge in [0.05, 0.1) is 11.1 Å². The molecule has 0 saturated heterocycles. The van der Waals surface area contributed by atoms with E-state index in [4.69, 9.17) is 11.5 Å². The van der Waals surface area contributed by atoms with E-state index >= 15 is 0 Å². The molecule has 4 nitrogen and oxygen atoms in total. The maximum atomic E-state index is 10.8. The van der Waals surface area contributed by atoms with Crippen molar-refractivity contribution in [2.45, 2.75) is 12.5 Å². The van der Waals surface area contributed by atoms with Crippen LogP contribution in [0.2, 0.25) is 0 Å². The molecule has 0 aliphatic heterocycles. The van der Waals surface area contributed by atoms with Crippen molar-refractivity contribution in [2.75, 3.05) is 0 Å². The quantitative estimate of drug-likeness (QED) is 0.535. The number of allylic oxidation sites excluding steroid dienone is 2. The molecule has 4 heteroatoms. The van der Waals surface area contributed by atoms with Gasteiger partial charge in [0.1, 0.15) is 5.76 Å². The maximum Gasteiger partial charge on any atom is 0.252 e. The molecule has 0 heterocycles. The van der Waals surface area contributed by atoms with Crippen LogP contribution in [0.25, 0.3) is 0 Å². The fraction of sp³-hybridized carbons (Fsp3) is 0.222. The summed E-state index contributed by atoms with van der Waals surface area (Å²) in [5.74, 6) is -0.849. The van der Waals surface area contributed by atoms with Gasteiger partial charge in [0, 0.05) is 0 Å². The van der Waals surface area contributed by atoms with Gasteiger partial charge < -0.3 is 16.6 Å². The molecule has 1 aliphatic carbocycles. The molecule has 1 aliphatic rings. The zero-order valence-corrected chi connectivity index (χ0v) is 7.32. The number of carbonyl (C=O) groups is 1. The Morgan fingerprint density at radius 2 is 2.23 bits per heavy atom. The van der Waals surface area contributed by atoms with Gasteiger partial charge in [-0.3, -0.25) is 4.79 Å². The van der Waals surface area contributed by atoms with Gasteiger partial charge in [0.2, 0.25) is 0 Å². The van der Waals surface area contributed by atoms with Gasteiger partial charge in [-0.15, -0.1) is 0 Å². The van der Waals surface area contributed by atoms with Crippen molar-refractivity contribution in [3.63, 3.8) is 0 Å². The summed E-state index contributed by atoms with van der Waals surface area (Å²) in [6.07, 6.45) is 6.08. The van der Waals surface area contributed by atoms with E-state index in [-0.39, 0.29) is 11.3 Å². The van der Waals surface area contributed by atoms with Crippen LogP contribution in [-0.2, 0) is 4.79 Å². The monoisotopic (exact) mass is 180 g/mol. The van der Waals surface area contributed by atoms with Crippen LogP contribution in [0, 0.1) is 0 Å². The largest absolute Gasteiger partial charge is 0.507 e. The number of amides is 1. The van der Waals surface area contributed by atoms with Gasteiger partial charge >= 0.3 is 0 Å². The van der Waals surface area contributed by atoms with Crippen molar-refractivity contribution >= 4 is 5.91 Å². The van der Waals surface area contributed by atoms with Crippen molar-refractivity contribution in [1.29, 1.82) is 0 Å². The van der Waals surface area contributed by atoms with Crippen LogP contribution in [0.1, 0.15) is 6.92 Å². The van der Waals surface area contributed by atoms with Crippen LogP contribution in [0.5, 0.6) is 0 Å². The third-order valence-electron chi connectivity index (χ3n) is 1.71. The standard InChI is InChI=1S/C9H12N2O2/c1-9(11)4-2-3-6(8(10)13)7(12)5-9/h2-5,12H,11H2,1H3,(H2,10,13). The van der Waals surface area contributed by atoms with Crippen molar-refractivity contribution in [3.05, 3.63) is 35.6 Å². The Kier molecular flexibility index (Phi) is 2.25. The normalized spacial score (nSPS) is 27.5. The van der Waals surface area contributed by atoms with Crippen LogP contribution < -0.4 is 11.5 Å². The molecule has 5 N–H and O–H groups in total. The molecule has 0 aromatic heterocycles. The Hall–Kier alpha value is -1.55. The molecule has 1 unspecified atom stereocenters. The molecular formula is C9H12N2O2. The highest BCUT2D eigenvalue weighted by Gasteiger charge is 2.18. The minimum Gasteiger partial charge on any atom is -0.507 e.